The Morgan fingerprint density at radius 1 is 0.800 bits per heavy atom. The van der Waals surface area contributed by atoms with E-state index in [-0.39, 0.29) is 0 Å². The van der Waals surface area contributed by atoms with Gasteiger partial charge in [0.05, 0.1) is 12.3 Å². The molecular formula is C23H23NO. The second-order valence-electron chi connectivity index (χ2n) is 5.94. The van der Waals surface area contributed by atoms with Crippen LogP contribution in [0.3, 0.4) is 0 Å². The number of hydrogen-bond donors (Lipinski definition) is 0. The zero-order valence-electron chi connectivity index (χ0n) is 14.6. The summed E-state index contributed by atoms with van der Waals surface area (Å²) in [6.45, 7) is 2.94. The molecular weight excluding hydrogens is 306 g/mol. The first-order valence-corrected chi connectivity index (χ1v) is 8.77. The van der Waals surface area contributed by atoms with Gasteiger partial charge in [-0.3, -0.25) is 4.99 Å². The Labute approximate surface area is 149 Å². The summed E-state index contributed by atoms with van der Waals surface area (Å²) >= 11 is 0. The van der Waals surface area contributed by atoms with Crippen molar-refractivity contribution in [3.63, 3.8) is 0 Å². The average molecular weight is 329 g/mol. The van der Waals surface area contributed by atoms with E-state index in [0.29, 0.717) is 0 Å². The molecule has 0 radical (unpaired) electrons. The lowest BCUT2D eigenvalue weighted by molar-refractivity contribution is 0.309. The van der Waals surface area contributed by atoms with Gasteiger partial charge in [0.25, 0.3) is 0 Å². The molecule has 0 fully saturated rings. The molecule has 0 aliphatic rings. The van der Waals surface area contributed by atoms with Crippen molar-refractivity contribution in [2.24, 2.45) is 4.99 Å². The quantitative estimate of drug-likeness (QED) is 0.369. The molecule has 2 heteroatoms. The highest BCUT2D eigenvalue weighted by Crippen LogP contribution is 2.22. The van der Waals surface area contributed by atoms with Crippen molar-refractivity contribution in [2.45, 2.75) is 19.8 Å². The second-order valence-corrected chi connectivity index (χ2v) is 5.94. The van der Waals surface area contributed by atoms with Gasteiger partial charge in [0, 0.05) is 6.21 Å². The molecule has 126 valence electrons. The Kier molecular flexibility index (Phi) is 6.00. The summed E-state index contributed by atoms with van der Waals surface area (Å²) in [5.74, 6) is 0.915. The van der Waals surface area contributed by atoms with Crippen LogP contribution in [-0.4, -0.2) is 12.8 Å². The van der Waals surface area contributed by atoms with Gasteiger partial charge < -0.3 is 4.74 Å². The molecule has 0 aromatic heterocycles. The minimum atomic E-state index is 0.775. The van der Waals surface area contributed by atoms with Crippen molar-refractivity contribution in [3.8, 4) is 16.9 Å². The summed E-state index contributed by atoms with van der Waals surface area (Å²) in [6.07, 6.45) is 4.11. The first kappa shape index (κ1) is 17.0. The number of hydrogen-bond acceptors (Lipinski definition) is 2. The Hall–Kier alpha value is -2.87. The van der Waals surface area contributed by atoms with E-state index >= 15 is 0 Å². The van der Waals surface area contributed by atoms with Crippen LogP contribution in [0, 0.1) is 0 Å². The Morgan fingerprint density at radius 3 is 2.16 bits per heavy atom. The molecule has 3 rings (SSSR count). The standard InChI is InChI=1S/C23H23NO/c1-2-3-17-25-23-15-9-19(10-16-23)18-24-22-13-11-21(12-14-22)20-7-5-4-6-8-20/h4-16,18H,2-3,17H2,1H3. The Balaban J connectivity index is 1.62. The van der Waals surface area contributed by atoms with Crippen LogP contribution in [0.25, 0.3) is 11.1 Å². The number of benzene rings is 3. The molecule has 0 unspecified atom stereocenters. The highest BCUT2D eigenvalue weighted by Gasteiger charge is 1.97. The zero-order chi connectivity index (χ0) is 17.3. The fourth-order valence-electron chi connectivity index (χ4n) is 2.50. The van der Waals surface area contributed by atoms with E-state index in [0.717, 1.165) is 36.4 Å². The molecule has 0 N–H and O–H groups in total. The summed E-state index contributed by atoms with van der Waals surface area (Å²) in [5.41, 5.74) is 4.43. The number of nitrogens with zero attached hydrogens (tertiary/aromatic N) is 1. The molecule has 0 aliphatic heterocycles. The van der Waals surface area contributed by atoms with Crippen molar-refractivity contribution in [1.29, 1.82) is 0 Å². The minimum Gasteiger partial charge on any atom is -0.494 e. The Morgan fingerprint density at radius 2 is 1.48 bits per heavy atom. The summed E-state index contributed by atoms with van der Waals surface area (Å²) in [5, 5.41) is 0. The van der Waals surface area contributed by atoms with Crippen molar-refractivity contribution in [1.82, 2.24) is 0 Å². The molecule has 0 atom stereocenters. The van der Waals surface area contributed by atoms with Crippen molar-refractivity contribution in [2.75, 3.05) is 6.61 Å². The molecule has 3 aromatic rings. The maximum absolute atomic E-state index is 5.67. The van der Waals surface area contributed by atoms with Crippen LogP contribution in [0.15, 0.2) is 83.9 Å². The maximum Gasteiger partial charge on any atom is 0.119 e. The molecule has 0 spiro atoms. The first-order valence-electron chi connectivity index (χ1n) is 8.77. The molecule has 0 heterocycles. The summed E-state index contributed by atoms with van der Waals surface area (Å²) < 4.78 is 5.67. The third-order valence-electron chi connectivity index (χ3n) is 3.98. The maximum atomic E-state index is 5.67. The molecule has 0 aliphatic carbocycles. The summed E-state index contributed by atoms with van der Waals surface area (Å²) in [6, 6.07) is 26.7. The first-order chi connectivity index (χ1) is 12.3. The lowest BCUT2D eigenvalue weighted by atomic mass is 10.1. The molecule has 25 heavy (non-hydrogen) atoms. The van der Waals surface area contributed by atoms with Gasteiger partial charge in [-0.15, -0.1) is 0 Å². The minimum absolute atomic E-state index is 0.775. The van der Waals surface area contributed by atoms with E-state index in [1.807, 2.05) is 48.7 Å². The smallest absolute Gasteiger partial charge is 0.119 e. The molecule has 3 aromatic carbocycles. The fourth-order valence-corrected chi connectivity index (χ4v) is 2.50. The number of aliphatic imine (C=N–C) groups is 1. The predicted molar refractivity (Wildman–Crippen MR) is 106 cm³/mol. The van der Waals surface area contributed by atoms with Gasteiger partial charge in [-0.2, -0.15) is 0 Å². The zero-order valence-corrected chi connectivity index (χ0v) is 14.6. The molecule has 2 nitrogen and oxygen atoms in total. The molecule has 0 bridgehead atoms. The van der Waals surface area contributed by atoms with Gasteiger partial charge in [0.15, 0.2) is 0 Å². The van der Waals surface area contributed by atoms with Crippen molar-refractivity contribution in [3.05, 3.63) is 84.4 Å². The molecule has 0 saturated carbocycles. The van der Waals surface area contributed by atoms with Gasteiger partial charge in [-0.25, -0.2) is 0 Å². The second kappa shape index (κ2) is 8.84. The number of ether oxygens (including phenoxy) is 1. The number of unbranched alkanes of at least 4 members (excludes halogenated alkanes) is 1. The Bertz CT molecular complexity index is 790. The van der Waals surface area contributed by atoms with Gasteiger partial charge in [-0.1, -0.05) is 55.8 Å². The van der Waals surface area contributed by atoms with Crippen LogP contribution in [0.2, 0.25) is 0 Å². The van der Waals surface area contributed by atoms with Crippen molar-refractivity contribution < 1.29 is 4.74 Å². The van der Waals surface area contributed by atoms with Gasteiger partial charge in [0.1, 0.15) is 5.75 Å². The van der Waals surface area contributed by atoms with E-state index in [1.165, 1.54) is 11.1 Å². The van der Waals surface area contributed by atoms with Crippen LogP contribution in [-0.2, 0) is 0 Å². The van der Waals surface area contributed by atoms with E-state index in [2.05, 4.69) is 48.3 Å². The predicted octanol–water partition coefficient (Wildman–Crippen LogP) is 6.28. The molecule has 0 saturated heterocycles. The third-order valence-corrected chi connectivity index (χ3v) is 3.98. The summed E-state index contributed by atoms with van der Waals surface area (Å²) in [4.78, 5) is 4.55. The van der Waals surface area contributed by atoms with E-state index in [9.17, 15) is 0 Å². The monoisotopic (exact) mass is 329 g/mol. The highest BCUT2D eigenvalue weighted by atomic mass is 16.5. The topological polar surface area (TPSA) is 21.6 Å². The molecule has 0 amide bonds. The largest absolute Gasteiger partial charge is 0.494 e. The highest BCUT2D eigenvalue weighted by molar-refractivity contribution is 5.82. The normalized spacial score (nSPS) is 10.9. The van der Waals surface area contributed by atoms with Gasteiger partial charge in [-0.05, 0) is 59.5 Å². The van der Waals surface area contributed by atoms with Gasteiger partial charge in [0.2, 0.25) is 0 Å². The van der Waals surface area contributed by atoms with E-state index in [4.69, 9.17) is 4.74 Å². The van der Waals surface area contributed by atoms with Crippen LogP contribution in [0.5, 0.6) is 5.75 Å². The van der Waals surface area contributed by atoms with Crippen molar-refractivity contribution >= 4 is 11.9 Å². The van der Waals surface area contributed by atoms with Crippen LogP contribution in [0.1, 0.15) is 25.3 Å². The van der Waals surface area contributed by atoms with Crippen LogP contribution >= 0.6 is 0 Å². The van der Waals surface area contributed by atoms with E-state index < -0.39 is 0 Å². The van der Waals surface area contributed by atoms with Crippen LogP contribution < -0.4 is 4.74 Å². The lowest BCUT2D eigenvalue weighted by Crippen LogP contribution is -1.96. The number of rotatable bonds is 7. The van der Waals surface area contributed by atoms with E-state index in [1.54, 1.807) is 0 Å². The SMILES string of the molecule is CCCCOc1ccc(C=Nc2ccc(-c3ccccc3)cc2)cc1. The third kappa shape index (κ3) is 5.05. The van der Waals surface area contributed by atoms with Crippen LogP contribution in [0.4, 0.5) is 5.69 Å². The lowest BCUT2D eigenvalue weighted by Gasteiger charge is -2.05. The fraction of sp³-hybridized carbons (Fsp3) is 0.174. The average Bonchev–Trinajstić information content (AvgIpc) is 2.69. The van der Waals surface area contributed by atoms with Gasteiger partial charge >= 0.3 is 0 Å². The summed E-state index contributed by atoms with van der Waals surface area (Å²) in [7, 11) is 0.